The lowest BCUT2D eigenvalue weighted by Crippen LogP contribution is -2.34. The molecule has 1 atom stereocenters. The summed E-state index contributed by atoms with van der Waals surface area (Å²) in [5.41, 5.74) is 1.55. The Morgan fingerprint density at radius 3 is 2.89 bits per heavy atom. The largest absolute Gasteiger partial charge is 0.391 e. The average Bonchev–Trinajstić information content (AvgIpc) is 3.33. The van der Waals surface area contributed by atoms with Crippen molar-refractivity contribution in [3.63, 3.8) is 0 Å². The van der Waals surface area contributed by atoms with E-state index in [4.69, 9.17) is 11.6 Å². The summed E-state index contributed by atoms with van der Waals surface area (Å²) in [4.78, 5) is 20.6. The van der Waals surface area contributed by atoms with E-state index in [9.17, 15) is 14.3 Å². The van der Waals surface area contributed by atoms with Gasteiger partial charge in [0.05, 0.1) is 22.5 Å². The fraction of sp³-hybridized carbons (Fsp3) is 0.222. The molecule has 4 N–H and O–H groups in total. The van der Waals surface area contributed by atoms with Crippen molar-refractivity contribution >= 4 is 28.8 Å². The van der Waals surface area contributed by atoms with Gasteiger partial charge < -0.3 is 20.7 Å². The fourth-order valence-electron chi connectivity index (χ4n) is 2.56. The Bertz CT molecular complexity index is 943. The Morgan fingerprint density at radius 1 is 1.41 bits per heavy atom. The van der Waals surface area contributed by atoms with Gasteiger partial charge in [-0.1, -0.05) is 17.7 Å². The maximum atomic E-state index is 13.7. The van der Waals surface area contributed by atoms with Crippen molar-refractivity contribution < 1.29 is 14.3 Å². The van der Waals surface area contributed by atoms with E-state index in [-0.39, 0.29) is 23.6 Å². The molecule has 2 aromatic heterocycles. The van der Waals surface area contributed by atoms with Gasteiger partial charge in [0, 0.05) is 24.0 Å². The van der Waals surface area contributed by atoms with Crippen LogP contribution in [-0.2, 0) is 6.61 Å². The van der Waals surface area contributed by atoms with Crippen molar-refractivity contribution in [1.82, 2.24) is 20.6 Å². The number of aliphatic hydroxyl groups excluding tert-OH is 1. The van der Waals surface area contributed by atoms with Crippen LogP contribution < -0.4 is 10.6 Å². The van der Waals surface area contributed by atoms with Crippen LogP contribution >= 0.6 is 22.9 Å². The number of aliphatic hydroxyl groups is 1. The summed E-state index contributed by atoms with van der Waals surface area (Å²) in [6.45, 7) is 0.398. The molecule has 9 heteroatoms. The number of carbonyl (C=O) groups is 1. The molecule has 0 saturated carbocycles. The second-order valence-electron chi connectivity index (χ2n) is 5.82. The third kappa shape index (κ3) is 4.54. The number of amides is 1. The Kier molecular flexibility index (Phi) is 6.22. The zero-order valence-electron chi connectivity index (χ0n) is 14.4. The molecule has 0 aliphatic rings. The SMILES string of the molecule is CNCC(NC(=O)c1ccc(-c2ccc(Cl)c(F)c2)[nH]1)c1ncc(CO)s1. The van der Waals surface area contributed by atoms with Crippen LogP contribution in [0.25, 0.3) is 11.3 Å². The van der Waals surface area contributed by atoms with E-state index in [1.165, 1.54) is 23.5 Å². The number of thiazole rings is 1. The molecule has 0 fully saturated rings. The molecule has 142 valence electrons. The first-order valence-electron chi connectivity index (χ1n) is 8.17. The average molecular weight is 409 g/mol. The van der Waals surface area contributed by atoms with E-state index < -0.39 is 5.82 Å². The van der Waals surface area contributed by atoms with Gasteiger partial charge in [0.1, 0.15) is 16.5 Å². The molecule has 0 bridgehead atoms. The van der Waals surface area contributed by atoms with Crippen molar-refractivity contribution in [3.05, 3.63) is 62.9 Å². The van der Waals surface area contributed by atoms with Crippen LogP contribution in [0.2, 0.25) is 5.02 Å². The second-order valence-corrected chi connectivity index (χ2v) is 7.38. The highest BCUT2D eigenvalue weighted by atomic mass is 35.5. The highest BCUT2D eigenvalue weighted by Gasteiger charge is 2.19. The zero-order chi connectivity index (χ0) is 19.4. The minimum absolute atomic E-state index is 0.0453. The number of nitrogens with one attached hydrogen (secondary N) is 3. The molecule has 1 aromatic carbocycles. The normalized spacial score (nSPS) is 12.1. The van der Waals surface area contributed by atoms with Gasteiger partial charge in [-0.15, -0.1) is 11.3 Å². The van der Waals surface area contributed by atoms with Crippen molar-refractivity contribution in [1.29, 1.82) is 0 Å². The predicted octanol–water partition coefficient (Wildman–Crippen LogP) is 3.11. The molecule has 1 amide bonds. The maximum absolute atomic E-state index is 13.7. The van der Waals surface area contributed by atoms with Crippen molar-refractivity contribution in [2.45, 2.75) is 12.6 Å². The van der Waals surface area contributed by atoms with Gasteiger partial charge >= 0.3 is 0 Å². The summed E-state index contributed by atoms with van der Waals surface area (Å²) >= 11 is 7.05. The van der Waals surface area contributed by atoms with Gasteiger partial charge in [0.2, 0.25) is 0 Å². The number of benzene rings is 1. The topological polar surface area (TPSA) is 90.0 Å². The van der Waals surface area contributed by atoms with Gasteiger partial charge in [-0.2, -0.15) is 0 Å². The van der Waals surface area contributed by atoms with E-state index in [0.717, 1.165) is 4.88 Å². The standard InChI is InChI=1S/C18H18ClFN4O2S/c1-21-8-16(18-22-7-11(9-25)27-18)24-17(26)15-5-4-14(23-15)10-2-3-12(19)13(20)6-10/h2-7,16,21,23,25H,8-9H2,1H3,(H,24,26). The van der Waals surface area contributed by atoms with E-state index in [1.807, 2.05) is 0 Å². The Balaban J connectivity index is 1.76. The lowest BCUT2D eigenvalue weighted by Gasteiger charge is -2.15. The lowest BCUT2D eigenvalue weighted by atomic mass is 10.1. The van der Waals surface area contributed by atoms with Crippen LogP contribution in [0.3, 0.4) is 0 Å². The molecular formula is C18H18ClFN4O2S. The summed E-state index contributed by atoms with van der Waals surface area (Å²) in [5, 5.41) is 15.9. The Hall–Kier alpha value is -2.26. The molecule has 0 aliphatic carbocycles. The monoisotopic (exact) mass is 408 g/mol. The molecule has 3 aromatic rings. The van der Waals surface area contributed by atoms with Crippen molar-refractivity contribution in [2.24, 2.45) is 0 Å². The molecule has 3 rings (SSSR count). The summed E-state index contributed by atoms with van der Waals surface area (Å²) in [7, 11) is 1.78. The molecule has 0 aliphatic heterocycles. The van der Waals surface area contributed by atoms with Gasteiger partial charge in [-0.3, -0.25) is 4.79 Å². The van der Waals surface area contributed by atoms with Crippen molar-refractivity contribution in [2.75, 3.05) is 13.6 Å². The van der Waals surface area contributed by atoms with Crippen LogP contribution in [0.5, 0.6) is 0 Å². The van der Waals surface area contributed by atoms with E-state index in [2.05, 4.69) is 20.6 Å². The Labute approximate surface area is 164 Å². The maximum Gasteiger partial charge on any atom is 0.268 e. The number of hydrogen-bond acceptors (Lipinski definition) is 5. The molecule has 6 nitrogen and oxygen atoms in total. The number of likely N-dealkylation sites (N-methyl/N-ethyl adjacent to an activating group) is 1. The van der Waals surface area contributed by atoms with Gasteiger partial charge in [-0.25, -0.2) is 9.37 Å². The minimum Gasteiger partial charge on any atom is -0.391 e. The molecule has 0 radical (unpaired) electrons. The second kappa shape index (κ2) is 8.62. The third-order valence-corrected chi connectivity index (χ3v) is 5.30. The van der Waals surface area contributed by atoms with Gasteiger partial charge in [-0.05, 0) is 31.3 Å². The highest BCUT2D eigenvalue weighted by molar-refractivity contribution is 7.11. The summed E-state index contributed by atoms with van der Waals surface area (Å²) in [5.74, 6) is -0.830. The van der Waals surface area contributed by atoms with Crippen LogP contribution in [0, 0.1) is 5.82 Å². The van der Waals surface area contributed by atoms with Crippen LogP contribution in [0.1, 0.15) is 26.4 Å². The summed E-state index contributed by atoms with van der Waals surface area (Å²) < 4.78 is 13.7. The molecule has 0 spiro atoms. The van der Waals surface area contributed by atoms with E-state index in [1.54, 1.807) is 31.4 Å². The number of H-pyrrole nitrogens is 1. The molecule has 2 heterocycles. The smallest absolute Gasteiger partial charge is 0.268 e. The summed E-state index contributed by atoms with van der Waals surface area (Å²) in [6, 6.07) is 7.46. The molecular weight excluding hydrogens is 391 g/mol. The predicted molar refractivity (Wildman–Crippen MR) is 103 cm³/mol. The number of nitrogens with zero attached hydrogens (tertiary/aromatic N) is 1. The lowest BCUT2D eigenvalue weighted by molar-refractivity contribution is 0.0932. The molecule has 0 saturated heterocycles. The number of rotatable bonds is 7. The van der Waals surface area contributed by atoms with Crippen LogP contribution in [0.4, 0.5) is 4.39 Å². The van der Waals surface area contributed by atoms with E-state index >= 15 is 0 Å². The minimum atomic E-state index is -0.521. The zero-order valence-corrected chi connectivity index (χ0v) is 16.0. The molecule has 1 unspecified atom stereocenters. The van der Waals surface area contributed by atoms with E-state index in [0.29, 0.717) is 28.5 Å². The quantitative estimate of drug-likeness (QED) is 0.483. The number of halogens is 2. The molecule has 27 heavy (non-hydrogen) atoms. The summed E-state index contributed by atoms with van der Waals surface area (Å²) in [6.07, 6.45) is 1.59. The first-order valence-corrected chi connectivity index (χ1v) is 9.36. The highest BCUT2D eigenvalue weighted by Crippen LogP contribution is 2.24. The van der Waals surface area contributed by atoms with Crippen molar-refractivity contribution in [3.8, 4) is 11.3 Å². The first-order chi connectivity index (χ1) is 13.0. The third-order valence-electron chi connectivity index (χ3n) is 3.90. The number of aromatic nitrogens is 2. The first kappa shape index (κ1) is 19.5. The fourth-order valence-corrected chi connectivity index (χ4v) is 3.50. The number of hydrogen-bond donors (Lipinski definition) is 4. The van der Waals surface area contributed by atoms with Crippen LogP contribution in [0.15, 0.2) is 36.5 Å². The van der Waals surface area contributed by atoms with Gasteiger partial charge in [0.15, 0.2) is 0 Å². The number of carbonyl (C=O) groups excluding carboxylic acids is 1. The van der Waals surface area contributed by atoms with Gasteiger partial charge in [0.25, 0.3) is 5.91 Å². The Morgan fingerprint density at radius 2 is 2.22 bits per heavy atom. The number of aromatic amines is 1. The van der Waals surface area contributed by atoms with Crippen LogP contribution in [-0.4, -0.2) is 34.6 Å².